The first-order valence-corrected chi connectivity index (χ1v) is 7.36. The standard InChI is InChI=1S/C15H15FN2OS/c16-11-5-3-4-10(8-11)15(18-17)13-9-20-14-7-2-1-6-12(14)19-13/h1-8,13,15,18H,9,17H2. The van der Waals surface area contributed by atoms with Crippen molar-refractivity contribution in [2.45, 2.75) is 17.0 Å². The molecule has 0 bridgehead atoms. The zero-order chi connectivity index (χ0) is 13.9. The Balaban J connectivity index is 1.85. The highest BCUT2D eigenvalue weighted by atomic mass is 32.2. The third kappa shape index (κ3) is 2.65. The molecule has 2 aromatic carbocycles. The molecule has 0 saturated carbocycles. The molecule has 20 heavy (non-hydrogen) atoms. The minimum atomic E-state index is -0.272. The van der Waals surface area contributed by atoms with Crippen LogP contribution in [0.3, 0.4) is 0 Å². The molecule has 1 aliphatic rings. The number of hydrazine groups is 1. The van der Waals surface area contributed by atoms with Crippen molar-refractivity contribution in [1.82, 2.24) is 5.43 Å². The highest BCUT2D eigenvalue weighted by molar-refractivity contribution is 7.99. The van der Waals surface area contributed by atoms with Crippen LogP contribution >= 0.6 is 11.8 Å². The molecule has 2 atom stereocenters. The van der Waals surface area contributed by atoms with E-state index in [1.165, 1.54) is 12.1 Å². The number of nitrogens with one attached hydrogen (secondary N) is 1. The molecule has 0 fully saturated rings. The van der Waals surface area contributed by atoms with E-state index in [1.54, 1.807) is 17.8 Å². The largest absolute Gasteiger partial charge is 0.486 e. The summed E-state index contributed by atoms with van der Waals surface area (Å²) >= 11 is 1.73. The fourth-order valence-electron chi connectivity index (χ4n) is 2.32. The number of benzene rings is 2. The second kappa shape index (κ2) is 5.83. The summed E-state index contributed by atoms with van der Waals surface area (Å²) in [4.78, 5) is 1.12. The third-order valence-corrected chi connectivity index (χ3v) is 4.43. The zero-order valence-corrected chi connectivity index (χ0v) is 11.6. The Bertz CT molecular complexity index is 608. The van der Waals surface area contributed by atoms with Crippen molar-refractivity contribution in [2.24, 2.45) is 5.84 Å². The molecule has 0 amide bonds. The average Bonchev–Trinajstić information content (AvgIpc) is 2.48. The van der Waals surface area contributed by atoms with Crippen LogP contribution in [0.1, 0.15) is 11.6 Å². The number of rotatable bonds is 3. The summed E-state index contributed by atoms with van der Waals surface area (Å²) in [6, 6.07) is 14.1. The molecule has 3 N–H and O–H groups in total. The normalized spacial score (nSPS) is 19.0. The van der Waals surface area contributed by atoms with Gasteiger partial charge in [-0.3, -0.25) is 5.84 Å². The first-order valence-electron chi connectivity index (χ1n) is 6.38. The van der Waals surface area contributed by atoms with Crippen LogP contribution in [-0.2, 0) is 0 Å². The summed E-state index contributed by atoms with van der Waals surface area (Å²) in [5.74, 6) is 6.99. The highest BCUT2D eigenvalue weighted by Crippen LogP contribution is 2.38. The lowest BCUT2D eigenvalue weighted by Crippen LogP contribution is -2.42. The van der Waals surface area contributed by atoms with Crippen LogP contribution in [-0.4, -0.2) is 11.9 Å². The van der Waals surface area contributed by atoms with Crippen molar-refractivity contribution in [1.29, 1.82) is 0 Å². The van der Waals surface area contributed by atoms with Crippen LogP contribution in [0.2, 0.25) is 0 Å². The van der Waals surface area contributed by atoms with E-state index in [1.807, 2.05) is 30.3 Å². The van der Waals surface area contributed by atoms with Gasteiger partial charge in [0, 0.05) is 10.6 Å². The summed E-state index contributed by atoms with van der Waals surface area (Å²) in [7, 11) is 0. The molecule has 3 rings (SSSR count). The first-order chi connectivity index (χ1) is 9.78. The molecule has 1 heterocycles. The van der Waals surface area contributed by atoms with E-state index in [9.17, 15) is 4.39 Å². The van der Waals surface area contributed by atoms with Crippen LogP contribution in [0.15, 0.2) is 53.4 Å². The number of nitrogens with two attached hydrogens (primary N) is 1. The van der Waals surface area contributed by atoms with Gasteiger partial charge in [0.1, 0.15) is 17.7 Å². The van der Waals surface area contributed by atoms with Crippen LogP contribution in [0.5, 0.6) is 5.75 Å². The SMILES string of the molecule is NNC(c1cccc(F)c1)C1CSc2ccccc2O1. The molecule has 0 radical (unpaired) electrons. The van der Waals surface area contributed by atoms with E-state index < -0.39 is 0 Å². The lowest BCUT2D eigenvalue weighted by atomic mass is 10.0. The van der Waals surface area contributed by atoms with E-state index >= 15 is 0 Å². The van der Waals surface area contributed by atoms with Gasteiger partial charge in [0.15, 0.2) is 0 Å². The molecule has 0 saturated heterocycles. The second-order valence-electron chi connectivity index (χ2n) is 4.61. The van der Waals surface area contributed by atoms with Crippen molar-refractivity contribution in [3.05, 3.63) is 59.9 Å². The Morgan fingerprint density at radius 3 is 2.90 bits per heavy atom. The number of hydrogen-bond donors (Lipinski definition) is 2. The van der Waals surface area contributed by atoms with Crippen molar-refractivity contribution in [3.8, 4) is 5.75 Å². The van der Waals surface area contributed by atoms with Crippen molar-refractivity contribution in [3.63, 3.8) is 0 Å². The number of ether oxygens (including phenoxy) is 1. The number of thioether (sulfide) groups is 1. The van der Waals surface area contributed by atoms with E-state index in [2.05, 4.69) is 5.43 Å². The van der Waals surface area contributed by atoms with Crippen LogP contribution in [0.4, 0.5) is 4.39 Å². The molecule has 5 heteroatoms. The van der Waals surface area contributed by atoms with Crippen LogP contribution in [0, 0.1) is 5.82 Å². The Labute approximate surface area is 121 Å². The van der Waals surface area contributed by atoms with Gasteiger partial charge >= 0.3 is 0 Å². The van der Waals surface area contributed by atoms with Gasteiger partial charge in [0.05, 0.1) is 6.04 Å². The van der Waals surface area contributed by atoms with Crippen molar-refractivity contribution in [2.75, 3.05) is 5.75 Å². The summed E-state index contributed by atoms with van der Waals surface area (Å²) < 4.78 is 19.3. The van der Waals surface area contributed by atoms with Gasteiger partial charge in [-0.05, 0) is 29.8 Å². The summed E-state index contributed by atoms with van der Waals surface area (Å²) in [6.45, 7) is 0. The van der Waals surface area contributed by atoms with Gasteiger partial charge in [-0.15, -0.1) is 11.8 Å². The summed E-state index contributed by atoms with van der Waals surface area (Å²) in [5, 5.41) is 0. The average molecular weight is 290 g/mol. The minimum absolute atomic E-state index is 0.137. The van der Waals surface area contributed by atoms with E-state index in [0.717, 1.165) is 22.0 Å². The fourth-order valence-corrected chi connectivity index (χ4v) is 3.36. The molecule has 2 aromatic rings. The molecule has 0 aromatic heterocycles. The topological polar surface area (TPSA) is 47.3 Å². The van der Waals surface area contributed by atoms with E-state index in [0.29, 0.717) is 0 Å². The predicted molar refractivity (Wildman–Crippen MR) is 78.0 cm³/mol. The number of para-hydroxylation sites is 1. The number of hydrogen-bond acceptors (Lipinski definition) is 4. The van der Waals surface area contributed by atoms with Gasteiger partial charge < -0.3 is 4.74 Å². The zero-order valence-electron chi connectivity index (χ0n) is 10.8. The Kier molecular flexibility index (Phi) is 3.91. The molecule has 1 aliphatic heterocycles. The quantitative estimate of drug-likeness (QED) is 0.674. The minimum Gasteiger partial charge on any atom is -0.486 e. The summed E-state index contributed by atoms with van der Waals surface area (Å²) in [5.41, 5.74) is 3.53. The van der Waals surface area contributed by atoms with Gasteiger partial charge in [-0.25, -0.2) is 9.82 Å². The third-order valence-electron chi connectivity index (χ3n) is 3.29. The monoisotopic (exact) mass is 290 g/mol. The molecular formula is C15H15FN2OS. The Hall–Kier alpha value is -1.56. The van der Waals surface area contributed by atoms with E-state index in [-0.39, 0.29) is 18.0 Å². The molecule has 0 spiro atoms. The predicted octanol–water partition coefficient (Wildman–Crippen LogP) is 2.88. The summed E-state index contributed by atoms with van der Waals surface area (Å²) in [6.07, 6.45) is -0.137. The van der Waals surface area contributed by atoms with Crippen molar-refractivity contribution >= 4 is 11.8 Å². The van der Waals surface area contributed by atoms with Gasteiger partial charge in [-0.2, -0.15) is 0 Å². The first kappa shape index (κ1) is 13.4. The van der Waals surface area contributed by atoms with Crippen molar-refractivity contribution < 1.29 is 9.13 Å². The molecule has 104 valence electrons. The maximum Gasteiger partial charge on any atom is 0.133 e. The lowest BCUT2D eigenvalue weighted by Gasteiger charge is -2.31. The fraction of sp³-hybridized carbons (Fsp3) is 0.200. The second-order valence-corrected chi connectivity index (χ2v) is 5.68. The molecule has 2 unspecified atom stereocenters. The van der Waals surface area contributed by atoms with Gasteiger partial charge in [0.2, 0.25) is 0 Å². The van der Waals surface area contributed by atoms with Gasteiger partial charge in [0.25, 0.3) is 0 Å². The van der Waals surface area contributed by atoms with Gasteiger partial charge in [-0.1, -0.05) is 24.3 Å². The lowest BCUT2D eigenvalue weighted by molar-refractivity contribution is 0.166. The Morgan fingerprint density at radius 2 is 2.10 bits per heavy atom. The maximum atomic E-state index is 13.4. The van der Waals surface area contributed by atoms with Crippen LogP contribution in [0.25, 0.3) is 0 Å². The molecule has 0 aliphatic carbocycles. The molecule has 3 nitrogen and oxygen atoms in total. The highest BCUT2D eigenvalue weighted by Gasteiger charge is 2.28. The smallest absolute Gasteiger partial charge is 0.133 e. The Morgan fingerprint density at radius 1 is 1.25 bits per heavy atom. The number of halogens is 1. The molecular weight excluding hydrogens is 275 g/mol. The van der Waals surface area contributed by atoms with Crippen LogP contribution < -0.4 is 16.0 Å². The number of fused-ring (bicyclic) bond motifs is 1. The maximum absolute atomic E-state index is 13.4. The van der Waals surface area contributed by atoms with E-state index in [4.69, 9.17) is 10.6 Å².